The van der Waals surface area contributed by atoms with Crippen LogP contribution in [0, 0.1) is 11.3 Å². The molecule has 0 spiro atoms. The molecule has 0 aliphatic rings. The lowest BCUT2D eigenvalue weighted by atomic mass is 10.2. The lowest BCUT2D eigenvalue weighted by Gasteiger charge is -2.05. The summed E-state index contributed by atoms with van der Waals surface area (Å²) in [7, 11) is -3.58. The molecule has 0 saturated carbocycles. The van der Waals surface area contributed by atoms with Gasteiger partial charge in [0, 0.05) is 12.2 Å². The topological polar surface area (TPSA) is 96.0 Å². The number of nitrogens with one attached hydrogen (secondary N) is 1. The Kier molecular flexibility index (Phi) is 3.85. The zero-order chi connectivity index (χ0) is 13.9. The van der Waals surface area contributed by atoms with Crippen molar-refractivity contribution >= 4 is 27.0 Å². The molecule has 0 aliphatic heterocycles. The maximum Gasteiger partial charge on any atom is 0.250 e. The summed E-state index contributed by atoms with van der Waals surface area (Å²) in [5, 5.41) is 8.69. The van der Waals surface area contributed by atoms with Crippen LogP contribution in [0.4, 0.5) is 5.69 Å². The van der Waals surface area contributed by atoms with Gasteiger partial charge in [0.25, 0.3) is 0 Å². The van der Waals surface area contributed by atoms with Gasteiger partial charge in [0.1, 0.15) is 15.2 Å². The summed E-state index contributed by atoms with van der Waals surface area (Å²) in [5.74, 6) is 0. The van der Waals surface area contributed by atoms with E-state index in [4.69, 9.17) is 11.0 Å². The third kappa shape index (κ3) is 3.32. The Labute approximate surface area is 115 Å². The number of anilines is 1. The molecule has 98 valence electrons. The van der Waals surface area contributed by atoms with Gasteiger partial charge in [-0.2, -0.15) is 5.26 Å². The number of nitriles is 1. The summed E-state index contributed by atoms with van der Waals surface area (Å²) in [4.78, 5) is 0.365. The van der Waals surface area contributed by atoms with Gasteiger partial charge < -0.3 is 5.73 Å². The van der Waals surface area contributed by atoms with E-state index < -0.39 is 10.0 Å². The van der Waals surface area contributed by atoms with E-state index in [9.17, 15) is 8.42 Å². The summed E-state index contributed by atoms with van der Waals surface area (Å²) in [6.07, 6.45) is 0. The number of nitrogen functional groups attached to an aromatic ring is 1. The standard InChI is InChI=1S/C12H11N3O2S2/c13-7-11-4-5-12(18-11)19(16,17)15-8-9-2-1-3-10(14)6-9/h1-6,15H,8,14H2. The molecule has 0 aliphatic carbocycles. The van der Waals surface area contributed by atoms with E-state index in [2.05, 4.69) is 4.72 Å². The van der Waals surface area contributed by atoms with Crippen molar-refractivity contribution in [3.8, 4) is 6.07 Å². The van der Waals surface area contributed by atoms with E-state index in [0.29, 0.717) is 10.6 Å². The largest absolute Gasteiger partial charge is 0.399 e. The first-order valence-electron chi connectivity index (χ1n) is 5.35. The van der Waals surface area contributed by atoms with Crippen LogP contribution in [-0.2, 0) is 16.6 Å². The quantitative estimate of drug-likeness (QED) is 0.838. The number of rotatable bonds is 4. The van der Waals surface area contributed by atoms with Crippen LogP contribution in [0.5, 0.6) is 0 Å². The fourth-order valence-corrected chi connectivity index (χ4v) is 3.64. The normalized spacial score (nSPS) is 11.1. The van der Waals surface area contributed by atoms with Crippen molar-refractivity contribution in [2.75, 3.05) is 5.73 Å². The van der Waals surface area contributed by atoms with Crippen LogP contribution in [0.25, 0.3) is 0 Å². The molecular formula is C12H11N3O2S2. The molecule has 7 heteroatoms. The number of thiophene rings is 1. The first-order valence-corrected chi connectivity index (χ1v) is 7.65. The van der Waals surface area contributed by atoms with Crippen molar-refractivity contribution in [2.45, 2.75) is 10.8 Å². The molecule has 0 atom stereocenters. The van der Waals surface area contributed by atoms with Gasteiger partial charge in [-0.25, -0.2) is 13.1 Å². The molecule has 0 bridgehead atoms. The van der Waals surface area contributed by atoms with Crippen LogP contribution in [0.3, 0.4) is 0 Å². The predicted octanol–water partition coefficient (Wildman–Crippen LogP) is 1.68. The van der Waals surface area contributed by atoms with Gasteiger partial charge in [-0.05, 0) is 29.8 Å². The molecular weight excluding hydrogens is 282 g/mol. The molecule has 0 fully saturated rings. The highest BCUT2D eigenvalue weighted by Gasteiger charge is 2.16. The second-order valence-corrected chi connectivity index (χ2v) is 6.88. The van der Waals surface area contributed by atoms with Crippen LogP contribution in [0.1, 0.15) is 10.4 Å². The third-order valence-corrected chi connectivity index (χ3v) is 5.26. The lowest BCUT2D eigenvalue weighted by molar-refractivity contribution is 0.583. The second-order valence-electron chi connectivity index (χ2n) is 3.80. The van der Waals surface area contributed by atoms with Gasteiger partial charge in [0.05, 0.1) is 0 Å². The molecule has 19 heavy (non-hydrogen) atoms. The van der Waals surface area contributed by atoms with E-state index in [1.165, 1.54) is 12.1 Å². The Morgan fingerprint density at radius 1 is 1.32 bits per heavy atom. The van der Waals surface area contributed by atoms with Gasteiger partial charge in [-0.15, -0.1) is 11.3 Å². The summed E-state index contributed by atoms with van der Waals surface area (Å²) in [6.45, 7) is 0.160. The van der Waals surface area contributed by atoms with Crippen LogP contribution < -0.4 is 10.5 Å². The molecule has 1 heterocycles. The van der Waals surface area contributed by atoms with Gasteiger partial charge in [-0.3, -0.25) is 0 Å². The van der Waals surface area contributed by atoms with Crippen LogP contribution in [0.2, 0.25) is 0 Å². The average Bonchev–Trinajstić information content (AvgIpc) is 2.86. The zero-order valence-electron chi connectivity index (χ0n) is 9.83. The fraction of sp³-hybridized carbons (Fsp3) is 0.0833. The van der Waals surface area contributed by atoms with Crippen LogP contribution in [-0.4, -0.2) is 8.42 Å². The molecule has 0 saturated heterocycles. The first-order chi connectivity index (χ1) is 9.01. The third-order valence-electron chi connectivity index (χ3n) is 2.37. The van der Waals surface area contributed by atoms with Crippen LogP contribution in [0.15, 0.2) is 40.6 Å². The Balaban J connectivity index is 2.12. The van der Waals surface area contributed by atoms with Crippen molar-refractivity contribution in [1.29, 1.82) is 5.26 Å². The maximum atomic E-state index is 12.0. The smallest absolute Gasteiger partial charge is 0.250 e. The number of benzene rings is 1. The predicted molar refractivity (Wildman–Crippen MR) is 73.9 cm³/mol. The van der Waals surface area contributed by atoms with Gasteiger partial charge in [-0.1, -0.05) is 12.1 Å². The molecule has 3 N–H and O–H groups in total. The summed E-state index contributed by atoms with van der Waals surface area (Å²) < 4.78 is 26.6. The minimum atomic E-state index is -3.58. The van der Waals surface area contributed by atoms with E-state index >= 15 is 0 Å². The molecule has 0 unspecified atom stereocenters. The van der Waals surface area contributed by atoms with Crippen molar-refractivity contribution in [1.82, 2.24) is 4.72 Å². The van der Waals surface area contributed by atoms with Crippen LogP contribution >= 0.6 is 11.3 Å². The monoisotopic (exact) mass is 293 g/mol. The highest BCUT2D eigenvalue weighted by molar-refractivity contribution is 7.91. The van der Waals surface area contributed by atoms with E-state index in [1.54, 1.807) is 24.3 Å². The SMILES string of the molecule is N#Cc1ccc(S(=O)(=O)NCc2cccc(N)c2)s1. The Morgan fingerprint density at radius 2 is 2.11 bits per heavy atom. The first kappa shape index (κ1) is 13.5. The summed E-state index contributed by atoms with van der Waals surface area (Å²) in [6, 6.07) is 11.8. The highest BCUT2D eigenvalue weighted by atomic mass is 32.2. The molecule has 1 aromatic carbocycles. The maximum absolute atomic E-state index is 12.0. The average molecular weight is 293 g/mol. The fourth-order valence-electron chi connectivity index (χ4n) is 1.48. The minimum absolute atomic E-state index is 0.132. The van der Waals surface area contributed by atoms with Gasteiger partial charge in [0.15, 0.2) is 0 Å². The zero-order valence-corrected chi connectivity index (χ0v) is 11.5. The van der Waals surface area contributed by atoms with E-state index in [1.807, 2.05) is 6.07 Å². The minimum Gasteiger partial charge on any atom is -0.399 e. The molecule has 1 aromatic heterocycles. The number of sulfonamides is 1. The van der Waals surface area contributed by atoms with Gasteiger partial charge in [0.2, 0.25) is 10.0 Å². The molecule has 5 nitrogen and oxygen atoms in total. The number of nitrogens with zero attached hydrogens (tertiary/aromatic N) is 1. The van der Waals surface area contributed by atoms with Crippen molar-refractivity contribution < 1.29 is 8.42 Å². The Bertz CT molecular complexity index is 729. The van der Waals surface area contributed by atoms with E-state index in [-0.39, 0.29) is 10.8 Å². The number of hydrogen-bond donors (Lipinski definition) is 2. The number of hydrogen-bond acceptors (Lipinski definition) is 5. The van der Waals surface area contributed by atoms with Crippen molar-refractivity contribution in [3.05, 3.63) is 46.8 Å². The lowest BCUT2D eigenvalue weighted by Crippen LogP contribution is -2.22. The highest BCUT2D eigenvalue weighted by Crippen LogP contribution is 2.20. The number of nitrogens with two attached hydrogens (primary N) is 1. The van der Waals surface area contributed by atoms with Gasteiger partial charge >= 0.3 is 0 Å². The molecule has 0 amide bonds. The summed E-state index contributed by atoms with van der Waals surface area (Å²) >= 11 is 0.942. The molecule has 2 rings (SSSR count). The Morgan fingerprint density at radius 3 is 2.74 bits per heavy atom. The second kappa shape index (κ2) is 5.40. The molecule has 0 radical (unpaired) electrons. The Hall–Kier alpha value is -1.88. The summed E-state index contributed by atoms with van der Waals surface area (Å²) in [5.41, 5.74) is 6.98. The van der Waals surface area contributed by atoms with Crippen molar-refractivity contribution in [3.63, 3.8) is 0 Å². The van der Waals surface area contributed by atoms with Crippen molar-refractivity contribution in [2.24, 2.45) is 0 Å². The molecule has 2 aromatic rings. The van der Waals surface area contributed by atoms with E-state index in [0.717, 1.165) is 16.9 Å².